The lowest BCUT2D eigenvalue weighted by molar-refractivity contribution is 0.0943. The Hall–Kier alpha value is -1.16. The van der Waals surface area contributed by atoms with Crippen LogP contribution in [-0.2, 0) is 0 Å². The van der Waals surface area contributed by atoms with Crippen LogP contribution in [0.25, 0.3) is 0 Å². The number of aromatic nitrogens is 2. The molecule has 4 heteroatoms. The number of H-pyrrole nitrogens is 1. The lowest BCUT2D eigenvalue weighted by Gasteiger charge is -2.25. The highest BCUT2D eigenvalue weighted by Gasteiger charge is 2.22. The third kappa shape index (κ3) is 2.50. The normalized spacial score (nSPS) is 25.6. The van der Waals surface area contributed by atoms with Gasteiger partial charge in [-0.2, -0.15) is 0 Å². The number of hydrogen-bond donors (Lipinski definition) is 2. The monoisotopic (exact) mass is 221 g/mol. The van der Waals surface area contributed by atoms with Crippen LogP contribution in [-0.4, -0.2) is 21.8 Å². The molecule has 0 atom stereocenters. The van der Waals surface area contributed by atoms with Crippen molar-refractivity contribution in [2.24, 2.45) is 11.7 Å². The van der Waals surface area contributed by atoms with Crippen molar-refractivity contribution in [3.8, 4) is 0 Å². The summed E-state index contributed by atoms with van der Waals surface area (Å²) in [5.41, 5.74) is 7.32. The number of hydrogen-bond acceptors (Lipinski definition) is 3. The quantitative estimate of drug-likeness (QED) is 0.764. The van der Waals surface area contributed by atoms with E-state index < -0.39 is 0 Å². The highest BCUT2D eigenvalue weighted by atomic mass is 16.1. The molecule has 0 unspecified atom stereocenters. The summed E-state index contributed by atoms with van der Waals surface area (Å²) in [7, 11) is 0. The number of rotatable bonds is 3. The number of nitrogens with zero attached hydrogens (tertiary/aromatic N) is 1. The van der Waals surface area contributed by atoms with Gasteiger partial charge < -0.3 is 10.7 Å². The molecule has 0 bridgehead atoms. The summed E-state index contributed by atoms with van der Waals surface area (Å²) in [5.74, 6) is 0.669. The van der Waals surface area contributed by atoms with E-state index in [1.54, 1.807) is 6.33 Å². The standard InChI is InChI=1S/C12H19N3O/c1-8-12(15-7-14-8)11(16)6-9-2-4-10(13)5-3-9/h7,9-10H,2-6,13H2,1H3,(H,14,15). The first-order valence-corrected chi connectivity index (χ1v) is 5.95. The van der Waals surface area contributed by atoms with E-state index in [9.17, 15) is 4.79 Å². The zero-order chi connectivity index (χ0) is 11.5. The summed E-state index contributed by atoms with van der Waals surface area (Å²) in [6.45, 7) is 1.89. The van der Waals surface area contributed by atoms with Crippen molar-refractivity contribution >= 4 is 5.78 Å². The third-order valence-electron chi connectivity index (χ3n) is 3.46. The SMILES string of the molecule is Cc1[nH]cnc1C(=O)CC1CCC(N)CC1. The Balaban J connectivity index is 1.91. The number of carbonyl (C=O) groups excluding carboxylic acids is 1. The molecular formula is C12H19N3O. The van der Waals surface area contributed by atoms with Crippen molar-refractivity contribution in [1.29, 1.82) is 0 Å². The van der Waals surface area contributed by atoms with Gasteiger partial charge in [-0.05, 0) is 38.5 Å². The molecule has 4 nitrogen and oxygen atoms in total. The first-order valence-electron chi connectivity index (χ1n) is 5.95. The molecular weight excluding hydrogens is 202 g/mol. The fraction of sp³-hybridized carbons (Fsp3) is 0.667. The Morgan fingerprint density at radius 2 is 2.19 bits per heavy atom. The Labute approximate surface area is 95.6 Å². The third-order valence-corrected chi connectivity index (χ3v) is 3.46. The molecule has 0 spiro atoms. The van der Waals surface area contributed by atoms with Crippen LogP contribution in [0.3, 0.4) is 0 Å². The van der Waals surface area contributed by atoms with Gasteiger partial charge in [0.15, 0.2) is 5.78 Å². The van der Waals surface area contributed by atoms with Gasteiger partial charge in [-0.25, -0.2) is 4.98 Å². The second kappa shape index (κ2) is 4.78. The minimum atomic E-state index is 0.166. The van der Waals surface area contributed by atoms with Crippen LogP contribution >= 0.6 is 0 Å². The fourth-order valence-corrected chi connectivity index (χ4v) is 2.39. The van der Waals surface area contributed by atoms with E-state index in [1.165, 1.54) is 0 Å². The second-order valence-electron chi connectivity index (χ2n) is 4.78. The molecule has 1 aliphatic carbocycles. The van der Waals surface area contributed by atoms with E-state index in [-0.39, 0.29) is 5.78 Å². The average molecular weight is 221 g/mol. The molecule has 1 saturated carbocycles. The minimum absolute atomic E-state index is 0.166. The predicted molar refractivity (Wildman–Crippen MR) is 62.2 cm³/mol. The van der Waals surface area contributed by atoms with Crippen LogP contribution in [0.4, 0.5) is 0 Å². The summed E-state index contributed by atoms with van der Waals surface area (Å²) in [4.78, 5) is 19.0. The van der Waals surface area contributed by atoms with Gasteiger partial charge in [0.2, 0.25) is 0 Å². The first-order chi connectivity index (χ1) is 7.66. The number of aromatic amines is 1. The molecule has 1 fully saturated rings. The molecule has 0 aliphatic heterocycles. The van der Waals surface area contributed by atoms with E-state index >= 15 is 0 Å². The van der Waals surface area contributed by atoms with Crippen LogP contribution in [0.1, 0.15) is 48.3 Å². The van der Waals surface area contributed by atoms with Crippen LogP contribution < -0.4 is 5.73 Å². The molecule has 0 radical (unpaired) electrons. The molecule has 1 aromatic rings. The predicted octanol–water partition coefficient (Wildman–Crippen LogP) is 1.81. The maximum Gasteiger partial charge on any atom is 0.183 e. The lowest BCUT2D eigenvalue weighted by Crippen LogP contribution is -2.27. The van der Waals surface area contributed by atoms with E-state index in [0.29, 0.717) is 24.1 Å². The summed E-state index contributed by atoms with van der Waals surface area (Å²) in [6, 6.07) is 0.346. The van der Waals surface area contributed by atoms with Gasteiger partial charge in [-0.3, -0.25) is 4.79 Å². The van der Waals surface area contributed by atoms with E-state index in [1.807, 2.05) is 6.92 Å². The Kier molecular flexibility index (Phi) is 3.39. The van der Waals surface area contributed by atoms with Crippen molar-refractivity contribution in [1.82, 2.24) is 9.97 Å². The zero-order valence-corrected chi connectivity index (χ0v) is 9.70. The van der Waals surface area contributed by atoms with E-state index in [4.69, 9.17) is 5.73 Å². The van der Waals surface area contributed by atoms with Crippen molar-refractivity contribution in [3.63, 3.8) is 0 Å². The summed E-state index contributed by atoms with van der Waals surface area (Å²) < 4.78 is 0. The number of nitrogens with two attached hydrogens (primary N) is 1. The van der Waals surface area contributed by atoms with Gasteiger partial charge in [-0.15, -0.1) is 0 Å². The number of imidazole rings is 1. The van der Waals surface area contributed by atoms with E-state index in [2.05, 4.69) is 9.97 Å². The lowest BCUT2D eigenvalue weighted by atomic mass is 9.83. The highest BCUT2D eigenvalue weighted by Crippen LogP contribution is 2.27. The van der Waals surface area contributed by atoms with Gasteiger partial charge >= 0.3 is 0 Å². The molecule has 16 heavy (non-hydrogen) atoms. The molecule has 1 aliphatic rings. The molecule has 2 rings (SSSR count). The van der Waals surface area contributed by atoms with Crippen molar-refractivity contribution in [3.05, 3.63) is 17.7 Å². The average Bonchev–Trinajstić information content (AvgIpc) is 2.68. The number of carbonyl (C=O) groups is 1. The van der Waals surface area contributed by atoms with Gasteiger partial charge in [0.25, 0.3) is 0 Å². The van der Waals surface area contributed by atoms with Crippen LogP contribution in [0.15, 0.2) is 6.33 Å². The van der Waals surface area contributed by atoms with Crippen molar-refractivity contribution < 1.29 is 4.79 Å². The minimum Gasteiger partial charge on any atom is -0.348 e. The smallest absolute Gasteiger partial charge is 0.183 e. The summed E-state index contributed by atoms with van der Waals surface area (Å²) >= 11 is 0. The molecule has 3 N–H and O–H groups in total. The molecule has 0 saturated heterocycles. The van der Waals surface area contributed by atoms with Gasteiger partial charge in [-0.1, -0.05) is 0 Å². The largest absolute Gasteiger partial charge is 0.348 e. The fourth-order valence-electron chi connectivity index (χ4n) is 2.39. The number of nitrogens with one attached hydrogen (secondary N) is 1. The Bertz CT molecular complexity index is 364. The molecule has 1 aromatic heterocycles. The van der Waals surface area contributed by atoms with Gasteiger partial charge in [0.05, 0.1) is 6.33 Å². The number of aryl methyl sites for hydroxylation is 1. The van der Waals surface area contributed by atoms with Crippen LogP contribution in [0.2, 0.25) is 0 Å². The van der Waals surface area contributed by atoms with Gasteiger partial charge in [0, 0.05) is 18.2 Å². The van der Waals surface area contributed by atoms with E-state index in [0.717, 1.165) is 31.4 Å². The summed E-state index contributed by atoms with van der Waals surface area (Å²) in [5, 5.41) is 0. The molecule has 0 aromatic carbocycles. The molecule has 0 amide bonds. The summed E-state index contributed by atoms with van der Waals surface area (Å²) in [6.07, 6.45) is 6.47. The zero-order valence-electron chi connectivity index (χ0n) is 9.70. The maximum atomic E-state index is 12.0. The second-order valence-corrected chi connectivity index (χ2v) is 4.78. The van der Waals surface area contributed by atoms with Crippen LogP contribution in [0.5, 0.6) is 0 Å². The van der Waals surface area contributed by atoms with Crippen molar-refractivity contribution in [2.75, 3.05) is 0 Å². The van der Waals surface area contributed by atoms with Crippen LogP contribution in [0, 0.1) is 12.8 Å². The Morgan fingerprint density at radius 1 is 1.50 bits per heavy atom. The first kappa shape index (κ1) is 11.3. The topological polar surface area (TPSA) is 71.8 Å². The Morgan fingerprint density at radius 3 is 2.75 bits per heavy atom. The van der Waals surface area contributed by atoms with Crippen molar-refractivity contribution in [2.45, 2.75) is 45.1 Å². The number of Topliss-reactive ketones (excluding diaryl/α,β-unsaturated/α-hetero) is 1. The number of ketones is 1. The molecule has 88 valence electrons. The maximum absolute atomic E-state index is 12.0. The highest BCUT2D eigenvalue weighted by molar-refractivity contribution is 5.95. The molecule has 1 heterocycles. The van der Waals surface area contributed by atoms with Gasteiger partial charge in [0.1, 0.15) is 5.69 Å².